The van der Waals surface area contributed by atoms with E-state index in [1.807, 2.05) is 49.4 Å². The second kappa shape index (κ2) is 5.90. The number of hydrogen-bond acceptors (Lipinski definition) is 4. The minimum Gasteiger partial charge on any atom is -0.468 e. The maximum Gasteiger partial charge on any atom is 0.316 e. The van der Waals surface area contributed by atoms with Crippen LogP contribution in [0.2, 0.25) is 0 Å². The Kier molecular flexibility index (Phi) is 4.23. The molecule has 0 aliphatic carbocycles. The van der Waals surface area contributed by atoms with Gasteiger partial charge in [-0.3, -0.25) is 9.59 Å². The van der Waals surface area contributed by atoms with Gasteiger partial charge in [-0.25, -0.2) is 0 Å². The molecule has 20 heavy (non-hydrogen) atoms. The van der Waals surface area contributed by atoms with Gasteiger partial charge in [-0.15, -0.1) is 0 Å². The van der Waals surface area contributed by atoms with Crippen LogP contribution in [-0.2, 0) is 19.1 Å². The van der Waals surface area contributed by atoms with Gasteiger partial charge in [-0.1, -0.05) is 42.5 Å². The first kappa shape index (κ1) is 14.3. The maximum absolute atomic E-state index is 12.3. The fraction of sp³-hybridized carbons (Fsp3) is 0.375. The van der Waals surface area contributed by atoms with E-state index in [9.17, 15) is 9.59 Å². The predicted octanol–water partition coefficient (Wildman–Crippen LogP) is 2.80. The van der Waals surface area contributed by atoms with Gasteiger partial charge in [0.25, 0.3) is 0 Å². The Balaban J connectivity index is 2.45. The third kappa shape index (κ3) is 2.46. The molecule has 1 aliphatic heterocycles. The van der Waals surface area contributed by atoms with Gasteiger partial charge in [0, 0.05) is 0 Å². The highest BCUT2D eigenvalue weighted by atomic mass is 16.6. The van der Waals surface area contributed by atoms with Crippen molar-refractivity contribution in [3.05, 3.63) is 48.0 Å². The highest BCUT2D eigenvalue weighted by Crippen LogP contribution is 2.49. The zero-order valence-corrected chi connectivity index (χ0v) is 11.7. The average Bonchev–Trinajstić information content (AvgIpc) is 2.83. The van der Waals surface area contributed by atoms with E-state index in [-0.39, 0.29) is 12.4 Å². The Hall–Kier alpha value is -2.10. The van der Waals surface area contributed by atoms with Crippen molar-refractivity contribution < 1.29 is 19.1 Å². The number of benzene rings is 1. The van der Waals surface area contributed by atoms with E-state index in [0.29, 0.717) is 6.42 Å². The largest absolute Gasteiger partial charge is 0.468 e. The SMILES string of the molecule is C/C=C/CC1(C(=O)OC)CC(=O)OC1c1ccccc1. The molecule has 1 aromatic carbocycles. The molecule has 2 unspecified atom stereocenters. The maximum atomic E-state index is 12.3. The fourth-order valence-corrected chi connectivity index (χ4v) is 2.62. The molecule has 0 bridgehead atoms. The van der Waals surface area contributed by atoms with Gasteiger partial charge >= 0.3 is 11.9 Å². The molecule has 0 aromatic heterocycles. The lowest BCUT2D eigenvalue weighted by atomic mass is 9.75. The van der Waals surface area contributed by atoms with Crippen LogP contribution in [0.15, 0.2) is 42.5 Å². The first-order valence-electron chi connectivity index (χ1n) is 6.58. The third-order valence-corrected chi connectivity index (χ3v) is 3.62. The number of cyclic esters (lactones) is 1. The standard InChI is InChI=1S/C16H18O4/c1-3-4-10-16(15(18)19-2)11-13(17)20-14(16)12-8-6-5-7-9-12/h3-9,14H,10-11H2,1-2H3/b4-3+. The molecule has 0 radical (unpaired) electrons. The summed E-state index contributed by atoms with van der Waals surface area (Å²) in [6.07, 6.45) is 3.59. The highest BCUT2D eigenvalue weighted by molar-refractivity contribution is 5.87. The van der Waals surface area contributed by atoms with Crippen LogP contribution in [0.1, 0.15) is 31.4 Å². The summed E-state index contributed by atoms with van der Waals surface area (Å²) in [5, 5.41) is 0. The van der Waals surface area contributed by atoms with Crippen molar-refractivity contribution in [2.75, 3.05) is 7.11 Å². The topological polar surface area (TPSA) is 52.6 Å². The highest BCUT2D eigenvalue weighted by Gasteiger charge is 2.55. The van der Waals surface area contributed by atoms with E-state index >= 15 is 0 Å². The van der Waals surface area contributed by atoms with Crippen molar-refractivity contribution >= 4 is 11.9 Å². The first-order valence-corrected chi connectivity index (χ1v) is 6.58. The molecule has 1 aliphatic rings. The molecule has 4 nitrogen and oxygen atoms in total. The Morgan fingerprint density at radius 1 is 1.45 bits per heavy atom. The van der Waals surface area contributed by atoms with Gasteiger partial charge in [0.2, 0.25) is 0 Å². The summed E-state index contributed by atoms with van der Waals surface area (Å²) in [4.78, 5) is 24.1. The van der Waals surface area contributed by atoms with Gasteiger partial charge in [-0.05, 0) is 18.9 Å². The molecule has 0 amide bonds. The molecule has 0 saturated carbocycles. The molecule has 2 atom stereocenters. The smallest absolute Gasteiger partial charge is 0.316 e. The quantitative estimate of drug-likeness (QED) is 0.626. The monoisotopic (exact) mass is 274 g/mol. The van der Waals surface area contributed by atoms with Crippen LogP contribution in [0, 0.1) is 5.41 Å². The molecule has 1 heterocycles. The third-order valence-electron chi connectivity index (χ3n) is 3.62. The lowest BCUT2D eigenvalue weighted by Crippen LogP contribution is -2.35. The van der Waals surface area contributed by atoms with Gasteiger partial charge in [-0.2, -0.15) is 0 Å². The number of hydrogen-bond donors (Lipinski definition) is 0. The van der Waals surface area contributed by atoms with Crippen LogP contribution < -0.4 is 0 Å². The van der Waals surface area contributed by atoms with Crippen molar-refractivity contribution in [1.82, 2.24) is 0 Å². The number of allylic oxidation sites excluding steroid dienone is 2. The van der Waals surface area contributed by atoms with Crippen molar-refractivity contribution in [3.63, 3.8) is 0 Å². The van der Waals surface area contributed by atoms with Gasteiger partial charge in [0.1, 0.15) is 11.5 Å². The summed E-state index contributed by atoms with van der Waals surface area (Å²) in [6, 6.07) is 9.32. The van der Waals surface area contributed by atoms with E-state index < -0.39 is 17.5 Å². The molecule has 1 fully saturated rings. The van der Waals surface area contributed by atoms with Crippen LogP contribution in [0.25, 0.3) is 0 Å². The van der Waals surface area contributed by atoms with E-state index in [1.54, 1.807) is 0 Å². The Morgan fingerprint density at radius 2 is 2.15 bits per heavy atom. The zero-order valence-electron chi connectivity index (χ0n) is 11.7. The molecule has 4 heteroatoms. The fourth-order valence-electron chi connectivity index (χ4n) is 2.62. The van der Waals surface area contributed by atoms with Crippen LogP contribution in [-0.4, -0.2) is 19.0 Å². The molecule has 106 valence electrons. The van der Waals surface area contributed by atoms with Gasteiger partial charge < -0.3 is 9.47 Å². The normalized spacial score (nSPS) is 25.7. The number of ether oxygens (including phenoxy) is 2. The van der Waals surface area contributed by atoms with Gasteiger partial charge in [0.15, 0.2) is 0 Å². The molecule has 0 spiro atoms. The molecule has 2 rings (SSSR count). The number of methoxy groups -OCH3 is 1. The van der Waals surface area contributed by atoms with Crippen LogP contribution in [0.5, 0.6) is 0 Å². The molecular weight excluding hydrogens is 256 g/mol. The summed E-state index contributed by atoms with van der Waals surface area (Å²) in [6.45, 7) is 1.88. The zero-order chi connectivity index (χ0) is 14.6. The Labute approximate surface area is 118 Å². The lowest BCUT2D eigenvalue weighted by Gasteiger charge is -2.29. The number of carbonyl (C=O) groups excluding carboxylic acids is 2. The summed E-state index contributed by atoms with van der Waals surface area (Å²) in [7, 11) is 1.34. The van der Waals surface area contributed by atoms with E-state index in [0.717, 1.165) is 5.56 Å². The number of rotatable bonds is 4. The molecule has 1 aromatic rings. The molecule has 1 saturated heterocycles. The minimum absolute atomic E-state index is 0.0452. The summed E-state index contributed by atoms with van der Waals surface area (Å²) < 4.78 is 10.3. The van der Waals surface area contributed by atoms with Crippen molar-refractivity contribution in [3.8, 4) is 0 Å². The number of esters is 2. The van der Waals surface area contributed by atoms with E-state index in [2.05, 4.69) is 0 Å². The van der Waals surface area contributed by atoms with Gasteiger partial charge in [0.05, 0.1) is 13.5 Å². The van der Waals surface area contributed by atoms with Crippen LogP contribution in [0.4, 0.5) is 0 Å². The average molecular weight is 274 g/mol. The molecule has 0 N–H and O–H groups in total. The van der Waals surface area contributed by atoms with Crippen molar-refractivity contribution in [2.24, 2.45) is 5.41 Å². The first-order chi connectivity index (χ1) is 9.64. The Morgan fingerprint density at radius 3 is 2.75 bits per heavy atom. The Bertz CT molecular complexity index is 521. The van der Waals surface area contributed by atoms with Crippen LogP contribution >= 0.6 is 0 Å². The predicted molar refractivity (Wildman–Crippen MR) is 73.8 cm³/mol. The van der Waals surface area contributed by atoms with E-state index in [1.165, 1.54) is 7.11 Å². The van der Waals surface area contributed by atoms with E-state index in [4.69, 9.17) is 9.47 Å². The molecular formula is C16H18O4. The summed E-state index contributed by atoms with van der Waals surface area (Å²) in [5.41, 5.74) is -0.159. The summed E-state index contributed by atoms with van der Waals surface area (Å²) >= 11 is 0. The van der Waals surface area contributed by atoms with Crippen molar-refractivity contribution in [1.29, 1.82) is 0 Å². The van der Waals surface area contributed by atoms with Crippen LogP contribution in [0.3, 0.4) is 0 Å². The minimum atomic E-state index is -0.973. The second-order valence-corrected chi connectivity index (χ2v) is 4.88. The van der Waals surface area contributed by atoms with Crippen molar-refractivity contribution in [2.45, 2.75) is 25.9 Å². The second-order valence-electron chi connectivity index (χ2n) is 4.88. The lowest BCUT2D eigenvalue weighted by molar-refractivity contribution is -0.156. The number of carbonyl (C=O) groups is 2. The summed E-state index contributed by atoms with van der Waals surface area (Å²) in [5.74, 6) is -0.774.